The number of aliphatic hydroxyl groups is 1. The summed E-state index contributed by atoms with van der Waals surface area (Å²) in [5, 5.41) is 19.1. The van der Waals surface area contributed by atoms with E-state index in [2.05, 4.69) is 25.7 Å². The van der Waals surface area contributed by atoms with Gasteiger partial charge in [0, 0.05) is 5.57 Å². The SMILES string of the molecule is C=C1/C(=C\C=C2/CCCC3(C)C(CCC/C=C(/C)C(=O)O)CCC23)CCCC1O. The molecule has 0 bridgehead atoms. The van der Waals surface area contributed by atoms with Crippen molar-refractivity contribution >= 4 is 5.97 Å². The lowest BCUT2D eigenvalue weighted by atomic mass is 9.62. The molecule has 0 spiro atoms. The van der Waals surface area contributed by atoms with Crippen LogP contribution in [0.15, 0.2) is 47.1 Å². The van der Waals surface area contributed by atoms with Crippen LogP contribution in [0, 0.1) is 17.3 Å². The van der Waals surface area contributed by atoms with Gasteiger partial charge in [0.2, 0.25) is 0 Å². The molecule has 3 heteroatoms. The van der Waals surface area contributed by atoms with Crippen LogP contribution in [0.4, 0.5) is 0 Å². The van der Waals surface area contributed by atoms with E-state index in [1.807, 2.05) is 6.08 Å². The molecule has 0 saturated heterocycles. The van der Waals surface area contributed by atoms with Gasteiger partial charge in [0.15, 0.2) is 0 Å². The molecule has 3 aliphatic carbocycles. The fourth-order valence-electron chi connectivity index (χ4n) is 6.02. The fraction of sp³-hybridized carbons (Fsp3) is 0.654. The molecule has 160 valence electrons. The molecule has 4 atom stereocenters. The number of carboxylic acid groups (broad SMARTS) is 1. The summed E-state index contributed by atoms with van der Waals surface area (Å²) in [6.07, 6.45) is 18.6. The van der Waals surface area contributed by atoms with Crippen molar-refractivity contribution in [1.29, 1.82) is 0 Å². The van der Waals surface area contributed by atoms with Crippen LogP contribution < -0.4 is 0 Å². The van der Waals surface area contributed by atoms with Gasteiger partial charge in [0.25, 0.3) is 0 Å². The van der Waals surface area contributed by atoms with Gasteiger partial charge in [0.05, 0.1) is 6.10 Å². The number of hydrogen-bond donors (Lipinski definition) is 2. The number of allylic oxidation sites excluding steroid dienone is 4. The number of carbonyl (C=O) groups is 1. The average Bonchev–Trinajstić information content (AvgIpc) is 3.03. The van der Waals surface area contributed by atoms with Crippen molar-refractivity contribution < 1.29 is 15.0 Å². The summed E-state index contributed by atoms with van der Waals surface area (Å²) in [7, 11) is 0. The third-order valence-corrected chi connectivity index (χ3v) is 7.94. The van der Waals surface area contributed by atoms with Gasteiger partial charge in [0.1, 0.15) is 0 Å². The van der Waals surface area contributed by atoms with E-state index >= 15 is 0 Å². The molecule has 3 rings (SSSR count). The number of unbranched alkanes of at least 4 members (excludes halogenated alkanes) is 1. The highest BCUT2D eigenvalue weighted by Gasteiger charge is 2.48. The normalized spacial score (nSPS) is 35.9. The van der Waals surface area contributed by atoms with Crippen LogP contribution in [0.3, 0.4) is 0 Å². The van der Waals surface area contributed by atoms with Crippen LogP contribution in [0.5, 0.6) is 0 Å². The van der Waals surface area contributed by atoms with Gasteiger partial charge in [-0.05, 0) is 106 Å². The van der Waals surface area contributed by atoms with E-state index in [1.165, 1.54) is 44.1 Å². The summed E-state index contributed by atoms with van der Waals surface area (Å²) >= 11 is 0. The summed E-state index contributed by atoms with van der Waals surface area (Å²) in [5.74, 6) is 0.618. The summed E-state index contributed by atoms with van der Waals surface area (Å²) in [5.41, 5.74) is 4.60. The number of rotatable bonds is 6. The maximum atomic E-state index is 10.9. The van der Waals surface area contributed by atoms with E-state index in [-0.39, 0.29) is 6.10 Å². The minimum Gasteiger partial charge on any atom is -0.478 e. The molecule has 0 aliphatic heterocycles. The predicted molar refractivity (Wildman–Crippen MR) is 119 cm³/mol. The van der Waals surface area contributed by atoms with Gasteiger partial charge in [-0.3, -0.25) is 0 Å². The first-order chi connectivity index (χ1) is 13.8. The van der Waals surface area contributed by atoms with E-state index < -0.39 is 5.97 Å². The second-order valence-electron chi connectivity index (χ2n) is 9.68. The second kappa shape index (κ2) is 9.47. The molecular formula is C26H38O3. The van der Waals surface area contributed by atoms with Crippen molar-refractivity contribution in [2.45, 2.75) is 90.6 Å². The smallest absolute Gasteiger partial charge is 0.330 e. The monoisotopic (exact) mass is 398 g/mol. The van der Waals surface area contributed by atoms with Gasteiger partial charge < -0.3 is 10.2 Å². The quantitative estimate of drug-likeness (QED) is 0.404. The summed E-state index contributed by atoms with van der Waals surface area (Å²) in [6.45, 7) is 8.29. The molecule has 0 aromatic carbocycles. The molecule has 29 heavy (non-hydrogen) atoms. The number of aliphatic hydroxyl groups excluding tert-OH is 1. The van der Waals surface area contributed by atoms with E-state index in [1.54, 1.807) is 12.5 Å². The molecule has 0 aromatic rings. The standard InChI is InChI=1S/C26H38O3/c1-18(25(28)29)8-4-5-11-22-15-16-23-21(10-7-17-26(22,23)3)14-13-20-9-6-12-24(27)19(20)2/h8,13-14,22-24,27H,2,4-7,9-12,15-17H2,1,3H3,(H,28,29)/b18-8-,20-13-,21-14+. The van der Waals surface area contributed by atoms with Gasteiger partial charge in [-0.25, -0.2) is 4.79 Å². The Kier molecular flexibility index (Phi) is 7.21. The Balaban J connectivity index is 1.64. The van der Waals surface area contributed by atoms with Gasteiger partial charge in [-0.1, -0.05) is 37.3 Å². The minimum absolute atomic E-state index is 0.361. The molecule has 3 nitrogen and oxygen atoms in total. The van der Waals surface area contributed by atoms with Gasteiger partial charge >= 0.3 is 5.97 Å². The zero-order valence-electron chi connectivity index (χ0n) is 18.3. The highest BCUT2D eigenvalue weighted by Crippen LogP contribution is 2.58. The highest BCUT2D eigenvalue weighted by atomic mass is 16.4. The zero-order chi connectivity index (χ0) is 21.0. The van der Waals surface area contributed by atoms with Crippen molar-refractivity contribution in [1.82, 2.24) is 0 Å². The molecule has 0 heterocycles. The Morgan fingerprint density at radius 2 is 2.00 bits per heavy atom. The molecule has 3 saturated carbocycles. The molecule has 3 aliphatic rings. The first-order valence-electron chi connectivity index (χ1n) is 11.5. The molecule has 0 aromatic heterocycles. The third-order valence-electron chi connectivity index (χ3n) is 7.94. The number of fused-ring (bicyclic) bond motifs is 1. The van der Waals surface area contributed by atoms with Crippen LogP contribution >= 0.6 is 0 Å². The number of aliphatic carboxylic acids is 1. The lowest BCUT2D eigenvalue weighted by molar-refractivity contribution is -0.132. The molecule has 0 radical (unpaired) electrons. The number of hydrogen-bond acceptors (Lipinski definition) is 2. The van der Waals surface area contributed by atoms with Crippen molar-refractivity contribution in [3.05, 3.63) is 47.1 Å². The van der Waals surface area contributed by atoms with Crippen molar-refractivity contribution in [3.63, 3.8) is 0 Å². The van der Waals surface area contributed by atoms with E-state index in [9.17, 15) is 9.90 Å². The predicted octanol–water partition coefficient (Wildman–Crippen LogP) is 6.36. The van der Waals surface area contributed by atoms with E-state index in [0.29, 0.717) is 16.9 Å². The molecule has 4 unspecified atom stereocenters. The minimum atomic E-state index is -0.803. The number of carboxylic acids is 1. The van der Waals surface area contributed by atoms with Crippen molar-refractivity contribution in [3.8, 4) is 0 Å². The van der Waals surface area contributed by atoms with Crippen LogP contribution in [-0.2, 0) is 4.79 Å². The maximum Gasteiger partial charge on any atom is 0.330 e. The fourth-order valence-corrected chi connectivity index (χ4v) is 6.02. The largest absolute Gasteiger partial charge is 0.478 e. The second-order valence-corrected chi connectivity index (χ2v) is 9.68. The summed E-state index contributed by atoms with van der Waals surface area (Å²) in [4.78, 5) is 10.9. The third kappa shape index (κ3) is 4.94. The topological polar surface area (TPSA) is 57.5 Å². The first kappa shape index (κ1) is 22.1. The summed E-state index contributed by atoms with van der Waals surface area (Å²) < 4.78 is 0. The van der Waals surface area contributed by atoms with Crippen LogP contribution in [0.1, 0.15) is 84.5 Å². The Bertz CT molecular complexity index is 726. The highest BCUT2D eigenvalue weighted by molar-refractivity contribution is 5.85. The van der Waals surface area contributed by atoms with E-state index in [4.69, 9.17) is 5.11 Å². The van der Waals surface area contributed by atoms with Crippen LogP contribution in [0.2, 0.25) is 0 Å². The van der Waals surface area contributed by atoms with Crippen LogP contribution in [-0.4, -0.2) is 22.3 Å². The lowest BCUT2D eigenvalue weighted by Gasteiger charge is -2.42. The molecule has 2 N–H and O–H groups in total. The first-order valence-corrected chi connectivity index (χ1v) is 11.5. The average molecular weight is 399 g/mol. The molecular weight excluding hydrogens is 360 g/mol. The van der Waals surface area contributed by atoms with Crippen molar-refractivity contribution in [2.75, 3.05) is 0 Å². The Morgan fingerprint density at radius 3 is 2.76 bits per heavy atom. The maximum absolute atomic E-state index is 10.9. The lowest BCUT2D eigenvalue weighted by Crippen LogP contribution is -2.33. The Morgan fingerprint density at radius 1 is 1.21 bits per heavy atom. The zero-order valence-corrected chi connectivity index (χ0v) is 18.3. The van der Waals surface area contributed by atoms with Crippen LogP contribution in [0.25, 0.3) is 0 Å². The molecule has 3 fully saturated rings. The molecule has 0 amide bonds. The van der Waals surface area contributed by atoms with Gasteiger partial charge in [-0.15, -0.1) is 0 Å². The Labute approximate surface area is 176 Å². The Hall–Kier alpha value is -1.61. The summed E-state index contributed by atoms with van der Waals surface area (Å²) in [6, 6.07) is 0. The van der Waals surface area contributed by atoms with Crippen molar-refractivity contribution in [2.24, 2.45) is 17.3 Å². The van der Waals surface area contributed by atoms with Gasteiger partial charge in [-0.2, -0.15) is 0 Å². The van der Waals surface area contributed by atoms with E-state index in [0.717, 1.165) is 43.6 Å².